The molecule has 0 saturated carbocycles. The number of carbonyl (C=O) groups is 1. The highest BCUT2D eigenvalue weighted by Crippen LogP contribution is 2.31. The van der Waals surface area contributed by atoms with E-state index in [1.807, 2.05) is 18.2 Å². The second kappa shape index (κ2) is 5.72. The van der Waals surface area contributed by atoms with Crippen LogP contribution < -0.4 is 10.0 Å². The van der Waals surface area contributed by atoms with Gasteiger partial charge in [0.1, 0.15) is 0 Å². The van der Waals surface area contributed by atoms with Gasteiger partial charge in [-0.3, -0.25) is 4.79 Å². The largest absolute Gasteiger partial charge is 0.348 e. The molecule has 1 heterocycles. The zero-order valence-electron chi connectivity index (χ0n) is 13.1. The van der Waals surface area contributed by atoms with Crippen molar-refractivity contribution in [2.24, 2.45) is 0 Å². The Kier molecular flexibility index (Phi) is 3.66. The van der Waals surface area contributed by atoms with Crippen LogP contribution in [-0.4, -0.2) is 14.3 Å². The summed E-state index contributed by atoms with van der Waals surface area (Å²) in [5.74, 6) is -0.218. The summed E-state index contributed by atoms with van der Waals surface area (Å²) >= 11 is 0. The molecule has 6 heteroatoms. The molecule has 1 atom stereocenters. The molecule has 0 bridgehead atoms. The van der Waals surface area contributed by atoms with Gasteiger partial charge in [-0.2, -0.15) is 0 Å². The van der Waals surface area contributed by atoms with Crippen LogP contribution in [0.3, 0.4) is 0 Å². The number of hydrogen-bond acceptors (Lipinski definition) is 3. The van der Waals surface area contributed by atoms with E-state index >= 15 is 0 Å². The predicted octanol–water partition coefficient (Wildman–Crippen LogP) is 2.29. The van der Waals surface area contributed by atoms with Crippen LogP contribution in [0.2, 0.25) is 0 Å². The molecule has 0 radical (unpaired) electrons. The highest BCUT2D eigenvalue weighted by molar-refractivity contribution is 7.89. The number of benzene rings is 2. The van der Waals surface area contributed by atoms with Gasteiger partial charge in [0.25, 0.3) is 5.91 Å². The molecule has 2 aromatic carbocycles. The third-order valence-corrected chi connectivity index (χ3v) is 6.21. The van der Waals surface area contributed by atoms with E-state index in [1.165, 1.54) is 11.6 Å². The van der Waals surface area contributed by atoms with Crippen molar-refractivity contribution in [1.82, 2.24) is 10.0 Å². The molecule has 2 N–H and O–H groups in total. The topological polar surface area (TPSA) is 75.3 Å². The number of hydrogen-bond donors (Lipinski definition) is 2. The summed E-state index contributed by atoms with van der Waals surface area (Å²) in [6.07, 6.45) is 2.71. The number of carbonyl (C=O) groups excluding carboxylic acids is 1. The smallest absolute Gasteiger partial charge is 0.251 e. The van der Waals surface area contributed by atoms with Gasteiger partial charge in [0.15, 0.2) is 0 Å². The lowest BCUT2D eigenvalue weighted by Crippen LogP contribution is -2.31. The van der Waals surface area contributed by atoms with Crippen molar-refractivity contribution < 1.29 is 13.2 Å². The van der Waals surface area contributed by atoms with Crippen LogP contribution in [-0.2, 0) is 23.0 Å². The SMILES string of the molecule is O=C1NCc2ccc(S(=O)(=O)NC3CCCc4ccccc43)cc21. The summed E-state index contributed by atoms with van der Waals surface area (Å²) < 4.78 is 28.4. The molecule has 5 nitrogen and oxygen atoms in total. The van der Waals surface area contributed by atoms with Gasteiger partial charge >= 0.3 is 0 Å². The maximum Gasteiger partial charge on any atom is 0.251 e. The van der Waals surface area contributed by atoms with Crippen molar-refractivity contribution in [2.75, 3.05) is 0 Å². The minimum absolute atomic E-state index is 0.140. The molecule has 1 amide bonds. The van der Waals surface area contributed by atoms with Crippen LogP contribution in [0.1, 0.15) is 45.9 Å². The minimum atomic E-state index is -3.68. The van der Waals surface area contributed by atoms with Gasteiger partial charge in [-0.15, -0.1) is 0 Å². The molecule has 0 spiro atoms. The van der Waals surface area contributed by atoms with Crippen LogP contribution in [0.4, 0.5) is 0 Å². The number of nitrogens with one attached hydrogen (secondary N) is 2. The third-order valence-electron chi connectivity index (χ3n) is 4.74. The molecule has 0 aromatic heterocycles. The maximum absolute atomic E-state index is 12.8. The second-order valence-electron chi connectivity index (χ2n) is 6.27. The first-order chi connectivity index (χ1) is 11.5. The normalized spacial score (nSPS) is 19.5. The van der Waals surface area contributed by atoms with E-state index in [0.29, 0.717) is 12.1 Å². The van der Waals surface area contributed by atoms with Gasteiger partial charge < -0.3 is 5.32 Å². The average molecular weight is 342 g/mol. The van der Waals surface area contributed by atoms with E-state index in [0.717, 1.165) is 30.4 Å². The van der Waals surface area contributed by atoms with Gasteiger partial charge in [-0.25, -0.2) is 13.1 Å². The number of rotatable bonds is 3. The number of sulfonamides is 1. The van der Waals surface area contributed by atoms with Crippen LogP contribution >= 0.6 is 0 Å². The van der Waals surface area contributed by atoms with E-state index in [9.17, 15) is 13.2 Å². The van der Waals surface area contributed by atoms with Crippen molar-refractivity contribution in [2.45, 2.75) is 36.7 Å². The fourth-order valence-electron chi connectivity index (χ4n) is 3.49. The fraction of sp³-hybridized carbons (Fsp3) is 0.278. The Balaban J connectivity index is 1.66. The Morgan fingerprint density at radius 3 is 2.79 bits per heavy atom. The lowest BCUT2D eigenvalue weighted by molar-refractivity contribution is 0.0965. The van der Waals surface area contributed by atoms with E-state index in [1.54, 1.807) is 12.1 Å². The number of amides is 1. The molecule has 4 rings (SSSR count). The molecule has 1 unspecified atom stereocenters. The Labute approximate surface area is 141 Å². The first-order valence-corrected chi connectivity index (χ1v) is 9.54. The highest BCUT2D eigenvalue weighted by atomic mass is 32.2. The summed E-state index contributed by atoms with van der Waals surface area (Å²) in [6.45, 7) is 0.456. The molecular weight excluding hydrogens is 324 g/mol. The molecule has 1 aliphatic carbocycles. The van der Waals surface area contributed by atoms with Crippen LogP contribution in [0.15, 0.2) is 47.4 Å². The van der Waals surface area contributed by atoms with Crippen molar-refractivity contribution in [1.29, 1.82) is 0 Å². The lowest BCUT2D eigenvalue weighted by Gasteiger charge is -2.26. The first kappa shape index (κ1) is 15.4. The number of aryl methyl sites for hydroxylation is 1. The van der Waals surface area contributed by atoms with Crippen LogP contribution in [0.5, 0.6) is 0 Å². The summed E-state index contributed by atoms with van der Waals surface area (Å²) in [5.41, 5.74) is 3.53. The molecule has 0 fully saturated rings. The monoisotopic (exact) mass is 342 g/mol. The Hall–Kier alpha value is -2.18. The van der Waals surface area contributed by atoms with Crippen molar-refractivity contribution in [3.05, 3.63) is 64.7 Å². The molecule has 24 heavy (non-hydrogen) atoms. The highest BCUT2D eigenvalue weighted by Gasteiger charge is 2.27. The van der Waals surface area contributed by atoms with Crippen LogP contribution in [0.25, 0.3) is 0 Å². The molecule has 124 valence electrons. The van der Waals surface area contributed by atoms with E-state index in [2.05, 4.69) is 16.1 Å². The van der Waals surface area contributed by atoms with Crippen molar-refractivity contribution in [3.8, 4) is 0 Å². The zero-order valence-corrected chi connectivity index (χ0v) is 13.9. The molecule has 1 aliphatic heterocycles. The maximum atomic E-state index is 12.8. The van der Waals surface area contributed by atoms with Crippen LogP contribution in [0, 0.1) is 0 Å². The fourth-order valence-corrected chi connectivity index (χ4v) is 4.77. The summed E-state index contributed by atoms with van der Waals surface area (Å²) in [6, 6.07) is 12.5. The average Bonchev–Trinajstić information content (AvgIpc) is 2.96. The number of fused-ring (bicyclic) bond motifs is 2. The Morgan fingerprint density at radius 1 is 1.08 bits per heavy atom. The quantitative estimate of drug-likeness (QED) is 0.899. The van der Waals surface area contributed by atoms with Gasteiger partial charge in [0, 0.05) is 18.2 Å². The summed E-state index contributed by atoms with van der Waals surface area (Å²) in [5, 5.41) is 2.70. The van der Waals surface area contributed by atoms with E-state index in [-0.39, 0.29) is 16.8 Å². The molecule has 0 saturated heterocycles. The van der Waals surface area contributed by atoms with Crippen molar-refractivity contribution in [3.63, 3.8) is 0 Å². The van der Waals surface area contributed by atoms with Gasteiger partial charge in [-0.05, 0) is 48.1 Å². The van der Waals surface area contributed by atoms with Gasteiger partial charge in [-0.1, -0.05) is 30.3 Å². The molecule has 2 aliphatic rings. The lowest BCUT2D eigenvalue weighted by atomic mass is 9.88. The molecule has 2 aromatic rings. The van der Waals surface area contributed by atoms with Gasteiger partial charge in [0.2, 0.25) is 10.0 Å². The van der Waals surface area contributed by atoms with Gasteiger partial charge in [0.05, 0.1) is 4.90 Å². The van der Waals surface area contributed by atoms with E-state index in [4.69, 9.17) is 0 Å². The summed E-state index contributed by atoms with van der Waals surface area (Å²) in [7, 11) is -3.68. The standard InChI is InChI=1S/C18H18N2O3S/c21-18-16-10-14(9-8-13(16)11-19-18)24(22,23)20-17-7-3-5-12-4-1-2-6-15(12)17/h1-2,4,6,8-10,17,20H,3,5,7,11H2,(H,19,21). The third kappa shape index (κ3) is 2.61. The Morgan fingerprint density at radius 2 is 1.92 bits per heavy atom. The first-order valence-electron chi connectivity index (χ1n) is 8.06. The zero-order chi connectivity index (χ0) is 16.7. The minimum Gasteiger partial charge on any atom is -0.348 e. The van der Waals surface area contributed by atoms with E-state index < -0.39 is 10.0 Å². The second-order valence-corrected chi connectivity index (χ2v) is 7.98. The molecular formula is C18H18N2O3S. The summed E-state index contributed by atoms with van der Waals surface area (Å²) in [4.78, 5) is 11.9. The van der Waals surface area contributed by atoms with Crippen molar-refractivity contribution >= 4 is 15.9 Å². The Bertz CT molecular complexity index is 922. The predicted molar refractivity (Wildman–Crippen MR) is 90.1 cm³/mol.